The lowest BCUT2D eigenvalue weighted by atomic mass is 10.1. The second kappa shape index (κ2) is 7.28. The summed E-state index contributed by atoms with van der Waals surface area (Å²) in [7, 11) is 0. The first kappa shape index (κ1) is 18.7. The van der Waals surface area contributed by atoms with Crippen molar-refractivity contribution in [3.8, 4) is 5.88 Å². The predicted octanol–water partition coefficient (Wildman–Crippen LogP) is 3.84. The van der Waals surface area contributed by atoms with Crippen LogP contribution in [0.3, 0.4) is 0 Å². The Labute approximate surface area is 151 Å². The van der Waals surface area contributed by atoms with E-state index >= 15 is 0 Å². The number of halogens is 3. The highest BCUT2D eigenvalue weighted by molar-refractivity contribution is 5.92. The second-order valence-corrected chi connectivity index (χ2v) is 5.68. The van der Waals surface area contributed by atoms with E-state index in [2.05, 4.69) is 15.0 Å². The number of alkyl halides is 3. The Bertz CT molecular complexity index is 992. The number of carbonyl (C=O) groups excluding carboxylic acids is 1. The highest BCUT2D eigenvalue weighted by Gasteiger charge is 2.44. The van der Waals surface area contributed by atoms with E-state index < -0.39 is 30.6 Å². The number of hydrogen-bond donors (Lipinski definition) is 0. The number of ether oxygens (including phenoxy) is 1. The van der Waals surface area contributed by atoms with Crippen molar-refractivity contribution >= 4 is 16.8 Å². The molecule has 0 aliphatic heterocycles. The first-order valence-corrected chi connectivity index (χ1v) is 7.83. The Morgan fingerprint density at radius 1 is 1.15 bits per heavy atom. The van der Waals surface area contributed by atoms with Gasteiger partial charge in [0.25, 0.3) is 0 Å². The standard InChI is InChI=1S/C18H13F3N3O3/c1-10(26)14-8-11(6-7-22-14)16(18(19,20)21)27-17-15(9-25)23-12-4-2-3-5-13(12)24-17/h2-8,16H,9H2,1H3. The topological polar surface area (TPSA) is 84.9 Å². The first-order valence-electron chi connectivity index (χ1n) is 7.83. The second-order valence-electron chi connectivity index (χ2n) is 5.68. The van der Waals surface area contributed by atoms with Crippen LogP contribution in [0.5, 0.6) is 5.88 Å². The molecule has 139 valence electrons. The molecular weight excluding hydrogens is 363 g/mol. The molecular formula is C18H13F3N3O3. The Hall–Kier alpha value is -3.07. The monoisotopic (exact) mass is 376 g/mol. The number of carbonyl (C=O) groups is 1. The summed E-state index contributed by atoms with van der Waals surface area (Å²) >= 11 is 0. The minimum atomic E-state index is -4.82. The van der Waals surface area contributed by atoms with Gasteiger partial charge in [-0.15, -0.1) is 0 Å². The third-order valence-electron chi connectivity index (χ3n) is 3.72. The van der Waals surface area contributed by atoms with E-state index in [-0.39, 0.29) is 17.0 Å². The maximum atomic E-state index is 13.6. The van der Waals surface area contributed by atoms with Crippen LogP contribution in [0.15, 0.2) is 42.6 Å². The molecule has 0 N–H and O–H groups in total. The Morgan fingerprint density at radius 2 is 1.81 bits per heavy atom. The van der Waals surface area contributed by atoms with Crippen molar-refractivity contribution in [1.29, 1.82) is 0 Å². The number of hydrogen-bond acceptors (Lipinski definition) is 5. The van der Waals surface area contributed by atoms with E-state index in [0.29, 0.717) is 11.0 Å². The maximum absolute atomic E-state index is 13.6. The molecule has 1 radical (unpaired) electrons. The molecule has 0 spiro atoms. The highest BCUT2D eigenvalue weighted by Crippen LogP contribution is 2.37. The van der Waals surface area contributed by atoms with Crippen LogP contribution in [-0.4, -0.2) is 26.9 Å². The van der Waals surface area contributed by atoms with E-state index in [4.69, 9.17) is 4.74 Å². The van der Waals surface area contributed by atoms with E-state index in [0.717, 1.165) is 18.3 Å². The predicted molar refractivity (Wildman–Crippen MR) is 87.6 cm³/mol. The molecule has 1 aromatic carbocycles. The summed E-state index contributed by atoms with van der Waals surface area (Å²) in [4.78, 5) is 23.2. The van der Waals surface area contributed by atoms with Gasteiger partial charge >= 0.3 is 6.18 Å². The molecule has 3 rings (SSSR count). The zero-order chi connectivity index (χ0) is 19.6. The molecule has 0 aliphatic rings. The average Bonchev–Trinajstić information content (AvgIpc) is 2.64. The number of ketones is 1. The Morgan fingerprint density at radius 3 is 2.41 bits per heavy atom. The largest absolute Gasteiger partial charge is 0.458 e. The number of para-hydroxylation sites is 2. The van der Waals surface area contributed by atoms with Gasteiger partial charge in [0, 0.05) is 18.7 Å². The first-order chi connectivity index (χ1) is 12.8. The summed E-state index contributed by atoms with van der Waals surface area (Å²) in [6.45, 7) is 0.298. The fourth-order valence-corrected chi connectivity index (χ4v) is 2.45. The van der Waals surface area contributed by atoms with Gasteiger partial charge in [0.15, 0.2) is 5.78 Å². The van der Waals surface area contributed by atoms with E-state index in [1.165, 1.54) is 6.92 Å². The molecule has 3 aromatic rings. The molecule has 6 nitrogen and oxygen atoms in total. The van der Waals surface area contributed by atoms with Gasteiger partial charge in [0.2, 0.25) is 12.0 Å². The number of rotatable bonds is 5. The van der Waals surface area contributed by atoms with Crippen LogP contribution in [0.4, 0.5) is 13.2 Å². The van der Waals surface area contributed by atoms with Gasteiger partial charge in [-0.1, -0.05) is 12.1 Å². The average molecular weight is 376 g/mol. The third-order valence-corrected chi connectivity index (χ3v) is 3.72. The summed E-state index contributed by atoms with van der Waals surface area (Å²) in [5.41, 5.74) is -0.0101. The van der Waals surface area contributed by atoms with Gasteiger partial charge in [0.1, 0.15) is 18.0 Å². The molecule has 0 fully saturated rings. The normalized spacial score (nSPS) is 12.8. The lowest BCUT2D eigenvalue weighted by Gasteiger charge is -2.22. The van der Waals surface area contributed by atoms with Crippen LogP contribution in [0.2, 0.25) is 0 Å². The van der Waals surface area contributed by atoms with Crippen molar-refractivity contribution < 1.29 is 27.8 Å². The fourth-order valence-electron chi connectivity index (χ4n) is 2.45. The van der Waals surface area contributed by atoms with Crippen molar-refractivity contribution in [3.05, 3.63) is 59.5 Å². The van der Waals surface area contributed by atoms with Gasteiger partial charge in [0.05, 0.1) is 11.0 Å². The number of nitrogens with zero attached hydrogens (tertiary/aromatic N) is 3. The van der Waals surface area contributed by atoms with Gasteiger partial charge < -0.3 is 4.74 Å². The molecule has 0 saturated heterocycles. The van der Waals surface area contributed by atoms with Crippen molar-refractivity contribution in [1.82, 2.24) is 15.0 Å². The molecule has 2 heterocycles. The summed E-state index contributed by atoms with van der Waals surface area (Å²) in [6.07, 6.45) is -6.16. The van der Waals surface area contributed by atoms with Gasteiger partial charge in [-0.2, -0.15) is 13.2 Å². The van der Waals surface area contributed by atoms with Gasteiger partial charge in [-0.3, -0.25) is 9.78 Å². The number of pyridine rings is 1. The van der Waals surface area contributed by atoms with Gasteiger partial charge in [-0.25, -0.2) is 15.1 Å². The van der Waals surface area contributed by atoms with Crippen LogP contribution in [0.1, 0.15) is 34.8 Å². The Balaban J connectivity index is 2.07. The molecule has 0 aliphatic carbocycles. The zero-order valence-electron chi connectivity index (χ0n) is 14.0. The van der Waals surface area contributed by atoms with Crippen LogP contribution in [0, 0.1) is 0 Å². The molecule has 0 bridgehead atoms. The van der Waals surface area contributed by atoms with Crippen molar-refractivity contribution in [3.63, 3.8) is 0 Å². The van der Waals surface area contributed by atoms with Crippen molar-refractivity contribution in [2.45, 2.75) is 25.8 Å². The van der Waals surface area contributed by atoms with Crippen molar-refractivity contribution in [2.24, 2.45) is 0 Å². The lowest BCUT2D eigenvalue weighted by molar-refractivity contribution is -0.199. The van der Waals surface area contributed by atoms with Crippen LogP contribution in [-0.2, 0) is 11.7 Å². The summed E-state index contributed by atoms with van der Waals surface area (Å²) in [5.74, 6) is -0.976. The minimum Gasteiger partial charge on any atom is -0.458 e. The molecule has 2 aromatic heterocycles. The fraction of sp³-hybridized carbons (Fsp3) is 0.222. The van der Waals surface area contributed by atoms with Crippen LogP contribution < -0.4 is 4.74 Å². The number of aromatic nitrogens is 3. The molecule has 0 saturated carbocycles. The third kappa shape index (κ3) is 4.03. The van der Waals surface area contributed by atoms with E-state index in [1.54, 1.807) is 24.3 Å². The molecule has 1 unspecified atom stereocenters. The van der Waals surface area contributed by atoms with Crippen LogP contribution >= 0.6 is 0 Å². The van der Waals surface area contributed by atoms with Crippen molar-refractivity contribution in [2.75, 3.05) is 0 Å². The molecule has 0 amide bonds. The number of fused-ring (bicyclic) bond motifs is 1. The summed E-state index contributed by atoms with van der Waals surface area (Å²) < 4.78 is 45.9. The molecule has 1 atom stereocenters. The van der Waals surface area contributed by atoms with Gasteiger partial charge in [-0.05, 0) is 24.3 Å². The highest BCUT2D eigenvalue weighted by atomic mass is 19.4. The maximum Gasteiger partial charge on any atom is 0.429 e. The Kier molecular flexibility index (Phi) is 5.04. The number of Topliss-reactive ketones (excluding diaryl/α,β-unsaturated/α-hetero) is 1. The number of benzene rings is 1. The molecule has 27 heavy (non-hydrogen) atoms. The lowest BCUT2D eigenvalue weighted by Crippen LogP contribution is -2.27. The quantitative estimate of drug-likeness (QED) is 0.632. The van der Waals surface area contributed by atoms with Crippen LogP contribution in [0.25, 0.3) is 11.0 Å². The van der Waals surface area contributed by atoms with E-state index in [1.807, 2.05) is 0 Å². The molecule has 9 heteroatoms. The zero-order valence-corrected chi connectivity index (χ0v) is 14.0. The smallest absolute Gasteiger partial charge is 0.429 e. The minimum absolute atomic E-state index is 0.126. The summed E-state index contributed by atoms with van der Waals surface area (Å²) in [5, 5.41) is 11.4. The SMILES string of the molecule is CC(=O)c1cc(C(Oc2nc3ccccc3nc2C[O])C(F)(F)F)ccn1. The summed E-state index contributed by atoms with van der Waals surface area (Å²) in [6, 6.07) is 8.55. The van der Waals surface area contributed by atoms with E-state index in [9.17, 15) is 23.1 Å².